The van der Waals surface area contributed by atoms with E-state index < -0.39 is 15.9 Å². The van der Waals surface area contributed by atoms with Gasteiger partial charge in [-0.2, -0.15) is 13.5 Å². The number of carbonyl (C=O) groups excluding carboxylic acids is 1. The van der Waals surface area contributed by atoms with Gasteiger partial charge in [-0.3, -0.25) is 14.5 Å². The third-order valence-electron chi connectivity index (χ3n) is 6.23. The molecule has 0 spiro atoms. The quantitative estimate of drug-likeness (QED) is 0.514. The molecule has 35 heavy (non-hydrogen) atoms. The van der Waals surface area contributed by atoms with Gasteiger partial charge in [-0.05, 0) is 94.1 Å². The van der Waals surface area contributed by atoms with E-state index in [9.17, 15) is 13.2 Å². The van der Waals surface area contributed by atoms with Crippen molar-refractivity contribution >= 4 is 15.9 Å². The minimum absolute atomic E-state index is 0.0112. The van der Waals surface area contributed by atoms with E-state index in [0.717, 1.165) is 52.9 Å². The number of fused-ring (bicyclic) bond motifs is 1. The van der Waals surface area contributed by atoms with Gasteiger partial charge in [-0.1, -0.05) is 12.1 Å². The molecule has 0 bridgehead atoms. The van der Waals surface area contributed by atoms with Gasteiger partial charge in [0.25, 0.3) is 10.0 Å². The highest BCUT2D eigenvalue weighted by atomic mass is 32.2. The molecule has 0 unspecified atom stereocenters. The molecule has 1 amide bonds. The third-order valence-corrected chi connectivity index (χ3v) is 7.47. The lowest BCUT2D eigenvalue weighted by Crippen LogP contribution is -2.32. The van der Waals surface area contributed by atoms with Crippen LogP contribution < -0.4 is 4.72 Å². The van der Waals surface area contributed by atoms with Crippen LogP contribution in [0.25, 0.3) is 11.1 Å². The van der Waals surface area contributed by atoms with Crippen LogP contribution in [0, 0.1) is 6.92 Å². The number of hydrogen-bond acceptors (Lipinski definition) is 6. The number of nitrogens with one attached hydrogen (secondary N) is 1. The largest absolute Gasteiger partial charge is 0.304 e. The van der Waals surface area contributed by atoms with E-state index in [2.05, 4.69) is 20.9 Å². The SMILES string of the molecule is Cc1cc(-c2ccc3c(c2CC(=O)NS(=O)(=O)c2cc(CN(C)C)n(C(C)C)n2)CCC3)ccn1. The standard InChI is InChI=1S/C26H33N5O3S/c1-17(2)31-21(16-30(4)5)14-26(28-31)35(33,34)29-25(32)15-24-22-8-6-7-19(22)9-10-23(24)20-11-12-27-18(3)13-20/h9-14,17H,6-8,15-16H2,1-5H3,(H,29,32). The van der Waals surface area contributed by atoms with E-state index in [1.807, 2.05) is 58.0 Å². The van der Waals surface area contributed by atoms with E-state index in [0.29, 0.717) is 6.54 Å². The topological polar surface area (TPSA) is 97.2 Å². The molecule has 0 radical (unpaired) electrons. The second-order valence-electron chi connectivity index (χ2n) is 9.72. The molecule has 3 aromatic rings. The van der Waals surface area contributed by atoms with Crippen LogP contribution in [0.5, 0.6) is 0 Å². The van der Waals surface area contributed by atoms with Gasteiger partial charge in [0.2, 0.25) is 5.91 Å². The smallest absolute Gasteiger partial charge is 0.283 e. The normalized spacial score (nSPS) is 13.5. The van der Waals surface area contributed by atoms with E-state index in [4.69, 9.17) is 0 Å². The van der Waals surface area contributed by atoms with Crippen LogP contribution in [0.3, 0.4) is 0 Å². The van der Waals surface area contributed by atoms with Gasteiger partial charge >= 0.3 is 0 Å². The summed E-state index contributed by atoms with van der Waals surface area (Å²) < 4.78 is 30.2. The molecule has 1 N–H and O–H groups in total. The molecule has 8 nitrogen and oxygen atoms in total. The Morgan fingerprint density at radius 1 is 1.17 bits per heavy atom. The first kappa shape index (κ1) is 25.1. The summed E-state index contributed by atoms with van der Waals surface area (Å²) in [5.41, 5.74) is 6.85. The summed E-state index contributed by atoms with van der Waals surface area (Å²) >= 11 is 0. The molecule has 9 heteroatoms. The molecule has 0 saturated heterocycles. The molecule has 0 aliphatic heterocycles. The van der Waals surface area contributed by atoms with Gasteiger partial charge in [0.15, 0.2) is 5.03 Å². The zero-order chi connectivity index (χ0) is 25.3. The second-order valence-corrected chi connectivity index (χ2v) is 11.4. The Morgan fingerprint density at radius 3 is 2.63 bits per heavy atom. The summed E-state index contributed by atoms with van der Waals surface area (Å²) in [5, 5.41) is 4.17. The van der Waals surface area contributed by atoms with E-state index >= 15 is 0 Å². The maximum Gasteiger partial charge on any atom is 0.283 e. The highest BCUT2D eigenvalue weighted by Gasteiger charge is 2.26. The summed E-state index contributed by atoms with van der Waals surface area (Å²) in [6.45, 7) is 6.36. The van der Waals surface area contributed by atoms with Crippen molar-refractivity contribution in [3.8, 4) is 11.1 Å². The molecular weight excluding hydrogens is 462 g/mol. The van der Waals surface area contributed by atoms with Gasteiger partial charge in [-0.15, -0.1) is 0 Å². The van der Waals surface area contributed by atoms with Gasteiger partial charge in [0.05, 0.1) is 12.1 Å². The summed E-state index contributed by atoms with van der Waals surface area (Å²) in [5.74, 6) is -0.564. The molecule has 0 atom stereocenters. The van der Waals surface area contributed by atoms with Crippen molar-refractivity contribution in [2.75, 3.05) is 14.1 Å². The van der Waals surface area contributed by atoms with Crippen molar-refractivity contribution in [2.45, 2.75) is 64.1 Å². The number of aromatic nitrogens is 3. The minimum Gasteiger partial charge on any atom is -0.304 e. The van der Waals surface area contributed by atoms with Crippen LogP contribution in [0.4, 0.5) is 0 Å². The molecule has 4 rings (SSSR count). The van der Waals surface area contributed by atoms with E-state index in [1.165, 1.54) is 5.56 Å². The van der Waals surface area contributed by atoms with Gasteiger partial charge in [-0.25, -0.2) is 4.72 Å². The Kier molecular flexibility index (Phi) is 7.10. The first-order chi connectivity index (χ1) is 16.5. The first-order valence-electron chi connectivity index (χ1n) is 11.9. The highest BCUT2D eigenvalue weighted by molar-refractivity contribution is 7.90. The number of carbonyl (C=O) groups is 1. The van der Waals surface area contributed by atoms with Crippen molar-refractivity contribution in [1.29, 1.82) is 0 Å². The van der Waals surface area contributed by atoms with E-state index in [-0.39, 0.29) is 17.5 Å². The van der Waals surface area contributed by atoms with E-state index in [1.54, 1.807) is 16.9 Å². The molecule has 0 saturated carbocycles. The van der Waals surface area contributed by atoms with Crippen molar-refractivity contribution in [3.05, 3.63) is 64.6 Å². The Balaban J connectivity index is 1.63. The van der Waals surface area contributed by atoms with Crippen molar-refractivity contribution in [2.24, 2.45) is 0 Å². The molecule has 2 aromatic heterocycles. The Hall–Kier alpha value is -3.04. The highest BCUT2D eigenvalue weighted by Crippen LogP contribution is 2.34. The number of rotatable bonds is 8. The van der Waals surface area contributed by atoms with Crippen molar-refractivity contribution in [1.82, 2.24) is 24.4 Å². The zero-order valence-corrected chi connectivity index (χ0v) is 21.8. The predicted molar refractivity (Wildman–Crippen MR) is 135 cm³/mol. The predicted octanol–water partition coefficient (Wildman–Crippen LogP) is 3.43. The van der Waals surface area contributed by atoms with Crippen LogP contribution in [0.15, 0.2) is 41.6 Å². The lowest BCUT2D eigenvalue weighted by Gasteiger charge is -2.15. The maximum absolute atomic E-state index is 13.1. The lowest BCUT2D eigenvalue weighted by atomic mass is 9.91. The molecular formula is C26H33N5O3S. The average molecular weight is 496 g/mol. The Morgan fingerprint density at radius 2 is 1.94 bits per heavy atom. The van der Waals surface area contributed by atoms with Crippen LogP contribution in [-0.4, -0.2) is 48.1 Å². The average Bonchev–Trinajstić information content (AvgIpc) is 3.41. The number of nitrogens with zero attached hydrogens (tertiary/aromatic N) is 4. The fourth-order valence-corrected chi connectivity index (χ4v) is 5.72. The van der Waals surface area contributed by atoms with Gasteiger partial charge in [0.1, 0.15) is 0 Å². The number of benzene rings is 1. The summed E-state index contributed by atoms with van der Waals surface area (Å²) in [6.07, 6.45) is 4.62. The van der Waals surface area contributed by atoms with Crippen LogP contribution >= 0.6 is 0 Å². The fraction of sp³-hybridized carbons (Fsp3) is 0.423. The first-order valence-corrected chi connectivity index (χ1v) is 13.4. The van der Waals surface area contributed by atoms with Crippen LogP contribution in [-0.2, 0) is 40.6 Å². The monoisotopic (exact) mass is 495 g/mol. The van der Waals surface area contributed by atoms with Crippen molar-refractivity contribution in [3.63, 3.8) is 0 Å². The lowest BCUT2D eigenvalue weighted by molar-refractivity contribution is -0.118. The molecule has 1 aliphatic rings. The minimum atomic E-state index is -4.11. The van der Waals surface area contributed by atoms with Gasteiger partial charge < -0.3 is 4.90 Å². The maximum atomic E-state index is 13.1. The second kappa shape index (κ2) is 9.91. The summed E-state index contributed by atoms with van der Waals surface area (Å²) in [7, 11) is -0.288. The molecule has 1 aromatic carbocycles. The number of pyridine rings is 1. The molecule has 0 fully saturated rings. The molecule has 1 aliphatic carbocycles. The number of aryl methyl sites for hydroxylation is 2. The van der Waals surface area contributed by atoms with Crippen LogP contribution in [0.2, 0.25) is 0 Å². The molecule has 2 heterocycles. The van der Waals surface area contributed by atoms with Crippen molar-refractivity contribution < 1.29 is 13.2 Å². The third kappa shape index (κ3) is 5.46. The Labute approximate surface area is 207 Å². The fourth-order valence-electron chi connectivity index (χ4n) is 4.76. The number of hydrogen-bond donors (Lipinski definition) is 1. The van der Waals surface area contributed by atoms with Crippen LogP contribution in [0.1, 0.15) is 54.4 Å². The zero-order valence-electron chi connectivity index (χ0n) is 21.0. The summed E-state index contributed by atoms with van der Waals surface area (Å²) in [6, 6.07) is 9.60. The number of sulfonamides is 1. The molecule has 186 valence electrons. The number of amides is 1. The Bertz CT molecular complexity index is 1360. The van der Waals surface area contributed by atoms with Gasteiger partial charge in [0, 0.05) is 30.5 Å². The summed E-state index contributed by atoms with van der Waals surface area (Å²) in [4.78, 5) is 19.3.